The van der Waals surface area contributed by atoms with Crippen LogP contribution in [0.2, 0.25) is 0 Å². The monoisotopic (exact) mass is 1050 g/mol. The molecule has 0 aliphatic carbocycles. The maximum absolute atomic E-state index is 13.8. The lowest BCUT2D eigenvalue weighted by atomic mass is 9.75. The van der Waals surface area contributed by atoms with E-state index in [9.17, 15) is 35.8 Å². The molecule has 19 nitrogen and oxygen atoms in total. The van der Waals surface area contributed by atoms with E-state index in [0.717, 1.165) is 53.2 Å². The van der Waals surface area contributed by atoms with E-state index in [0.29, 0.717) is 103 Å². The number of fused-ring (bicyclic) bond motifs is 2. The van der Waals surface area contributed by atoms with Gasteiger partial charge in [0.05, 0.1) is 68.1 Å². The second kappa shape index (κ2) is 27.8. The molecule has 0 bridgehead atoms. The number of sulfonamides is 1. The van der Waals surface area contributed by atoms with Crippen LogP contribution in [0.25, 0.3) is 0 Å². The van der Waals surface area contributed by atoms with Crippen LogP contribution in [0.3, 0.4) is 0 Å². The quantitative estimate of drug-likeness (QED) is 0.0359. The molecule has 2 unspecified atom stereocenters. The summed E-state index contributed by atoms with van der Waals surface area (Å²) in [4.78, 5) is 43.8. The Bertz CT molecular complexity index is 2480. The van der Waals surface area contributed by atoms with Gasteiger partial charge in [-0.15, -0.1) is 5.06 Å². The van der Waals surface area contributed by atoms with Gasteiger partial charge in [0.15, 0.2) is 5.71 Å². The van der Waals surface area contributed by atoms with E-state index >= 15 is 0 Å². The van der Waals surface area contributed by atoms with Crippen LogP contribution in [-0.2, 0) is 78.6 Å². The number of nitrogens with one attached hydrogen (secondary N) is 1. The van der Waals surface area contributed by atoms with E-state index in [1.165, 1.54) is 6.07 Å². The number of allylic oxidation sites excluding steroid dienone is 4. The van der Waals surface area contributed by atoms with E-state index in [1.807, 2.05) is 24.3 Å². The zero-order valence-electron chi connectivity index (χ0n) is 42.8. The molecule has 72 heavy (non-hydrogen) atoms. The molecule has 0 aromatic heterocycles. The molecular formula is C51H75N4O15S2+. The predicted octanol–water partition coefficient (Wildman–Crippen LogP) is 5.91. The van der Waals surface area contributed by atoms with Crippen molar-refractivity contribution in [2.24, 2.45) is 0 Å². The van der Waals surface area contributed by atoms with Crippen LogP contribution in [0.15, 0.2) is 70.1 Å². The van der Waals surface area contributed by atoms with E-state index in [1.54, 1.807) is 45.6 Å². The van der Waals surface area contributed by atoms with E-state index in [-0.39, 0.29) is 42.2 Å². The molecule has 2 N–H and O–H groups in total. The topological polar surface area (TPSA) is 226 Å². The number of ether oxygens (including phenoxy) is 6. The van der Waals surface area contributed by atoms with Crippen molar-refractivity contribution in [1.82, 2.24) is 9.79 Å². The van der Waals surface area contributed by atoms with Gasteiger partial charge in [-0.25, -0.2) is 17.9 Å². The van der Waals surface area contributed by atoms with Crippen molar-refractivity contribution in [3.63, 3.8) is 0 Å². The number of hydrogen-bond acceptors (Lipinski definition) is 15. The molecule has 0 spiro atoms. The molecule has 2 atom stereocenters. The Kier molecular flexibility index (Phi) is 22.5. The number of hydrogen-bond donors (Lipinski definition) is 2. The first-order valence-electron chi connectivity index (χ1n) is 24.8. The zero-order valence-corrected chi connectivity index (χ0v) is 44.4. The summed E-state index contributed by atoms with van der Waals surface area (Å²) in [5, 5.41) is 0.547. The van der Waals surface area contributed by atoms with Gasteiger partial charge in [-0.1, -0.05) is 32.3 Å². The summed E-state index contributed by atoms with van der Waals surface area (Å²) < 4.78 is 101. The van der Waals surface area contributed by atoms with Crippen molar-refractivity contribution in [3.8, 4) is 0 Å². The number of imide groups is 1. The lowest BCUT2D eigenvalue weighted by Gasteiger charge is -2.30. The minimum atomic E-state index is -4.56. The number of anilines is 1. The van der Waals surface area contributed by atoms with Gasteiger partial charge in [-0.05, 0) is 81.5 Å². The van der Waals surface area contributed by atoms with Crippen molar-refractivity contribution < 1.29 is 73.6 Å². The molecule has 1 saturated heterocycles. The summed E-state index contributed by atoms with van der Waals surface area (Å²) in [6.07, 6.45) is 11.5. The van der Waals surface area contributed by atoms with Crippen LogP contribution >= 0.6 is 0 Å². The standard InChI is InChI=1S/C51H74N4O15S2/c1-7-8-12-26-53-43-20-18-40(72(61,62)63)38-42(43)50(2,23-11-9-10-16-49(58)70-55-47(56)21-22-48(55)57)45(53)14-13-15-46-51(3,24-28-67-34-31-64-4)41-37-39(71(59,60)52-25-29-68-35-32-65-5)17-19-44(41)54(46)27-30-69-36-33-66-6/h13-15,17-20,37-38,52H,7-12,16,21-36H2,1-6H3/p+1. The number of rotatable bonds is 34. The van der Waals surface area contributed by atoms with Crippen molar-refractivity contribution >= 4 is 55.0 Å². The fourth-order valence-electron chi connectivity index (χ4n) is 9.38. The highest BCUT2D eigenvalue weighted by molar-refractivity contribution is 7.89. The lowest BCUT2D eigenvalue weighted by Crippen LogP contribution is -2.33. The molecule has 2 aromatic carbocycles. The number of hydroxylamine groups is 2. The second-order valence-electron chi connectivity index (χ2n) is 18.4. The summed E-state index contributed by atoms with van der Waals surface area (Å²) in [6, 6.07) is 9.87. The summed E-state index contributed by atoms with van der Waals surface area (Å²) in [5.41, 5.74) is 3.40. The van der Waals surface area contributed by atoms with Crippen LogP contribution in [0, 0.1) is 0 Å². The first-order valence-corrected chi connectivity index (χ1v) is 27.7. The normalized spacial score (nSPS) is 19.7. The SMILES string of the molecule is CCCCC[N+]1=C(C=CC=C2N(CCOCCOC)c3ccc(S(=O)(=O)NCCOCCOC)cc3C2(C)CCOCCOC)C(C)(CCCCCC(=O)ON2C(=O)CCC2=O)c2cc(S(=O)(=O)O)ccc21. The van der Waals surface area contributed by atoms with Crippen LogP contribution in [0.1, 0.15) is 103 Å². The average Bonchev–Trinajstić information content (AvgIpc) is 3.88. The predicted molar refractivity (Wildman–Crippen MR) is 269 cm³/mol. The Labute approximate surface area is 425 Å². The molecule has 400 valence electrons. The van der Waals surface area contributed by atoms with Gasteiger partial charge < -0.3 is 38.2 Å². The molecule has 0 saturated carbocycles. The van der Waals surface area contributed by atoms with E-state index in [4.69, 9.17) is 33.3 Å². The third-order valence-corrected chi connectivity index (χ3v) is 15.6. The Morgan fingerprint density at radius 3 is 2.04 bits per heavy atom. The largest absolute Gasteiger partial charge is 0.382 e. The Balaban J connectivity index is 1.55. The van der Waals surface area contributed by atoms with Gasteiger partial charge in [-0.2, -0.15) is 13.0 Å². The fraction of sp³-hybridized carbons (Fsp3) is 0.608. The fourth-order valence-corrected chi connectivity index (χ4v) is 10.9. The van der Waals surface area contributed by atoms with Gasteiger partial charge in [0.1, 0.15) is 6.54 Å². The van der Waals surface area contributed by atoms with Crippen LogP contribution in [-0.4, -0.2) is 155 Å². The third-order valence-electron chi connectivity index (χ3n) is 13.3. The molecule has 1 fully saturated rings. The van der Waals surface area contributed by atoms with Gasteiger partial charge in [-0.3, -0.25) is 14.1 Å². The van der Waals surface area contributed by atoms with Crippen LogP contribution in [0.4, 0.5) is 11.4 Å². The number of amides is 2. The van der Waals surface area contributed by atoms with E-state index < -0.39 is 48.8 Å². The molecule has 2 amide bonds. The summed E-state index contributed by atoms with van der Waals surface area (Å²) in [6.45, 7) is 10.6. The molecule has 3 aliphatic heterocycles. The van der Waals surface area contributed by atoms with Crippen LogP contribution < -0.4 is 9.62 Å². The minimum Gasteiger partial charge on any atom is -0.382 e. The van der Waals surface area contributed by atoms with Crippen molar-refractivity contribution in [3.05, 3.63) is 71.5 Å². The molecule has 3 aliphatic rings. The van der Waals surface area contributed by atoms with Crippen molar-refractivity contribution in [2.45, 2.75) is 112 Å². The third kappa shape index (κ3) is 15.1. The first kappa shape index (κ1) is 58.5. The maximum atomic E-state index is 13.8. The Morgan fingerprint density at radius 2 is 1.39 bits per heavy atom. The second-order valence-corrected chi connectivity index (χ2v) is 21.6. The molecule has 5 rings (SSSR count). The summed E-state index contributed by atoms with van der Waals surface area (Å²) >= 11 is 0. The minimum absolute atomic E-state index is 0.00384. The average molecular weight is 1050 g/mol. The van der Waals surface area contributed by atoms with Gasteiger partial charge in [0.25, 0.3) is 21.9 Å². The smallest absolute Gasteiger partial charge is 0.333 e. The first-order chi connectivity index (χ1) is 34.5. The highest BCUT2D eigenvalue weighted by Crippen LogP contribution is 2.51. The molecular weight excluding hydrogens is 973 g/mol. The Morgan fingerprint density at radius 1 is 0.750 bits per heavy atom. The number of unbranched alkanes of at least 4 members (excludes halogenated alkanes) is 4. The summed E-state index contributed by atoms with van der Waals surface area (Å²) in [5.74, 6) is -1.76. The highest BCUT2D eigenvalue weighted by atomic mass is 32.2. The van der Waals surface area contributed by atoms with Crippen LogP contribution in [0.5, 0.6) is 0 Å². The lowest BCUT2D eigenvalue weighted by molar-refractivity contribution is -0.438. The number of methoxy groups -OCH3 is 3. The van der Waals surface area contributed by atoms with Crippen molar-refractivity contribution in [1.29, 1.82) is 0 Å². The Hall–Kier alpha value is -4.42. The van der Waals surface area contributed by atoms with Gasteiger partial charge in [0.2, 0.25) is 15.7 Å². The van der Waals surface area contributed by atoms with Crippen molar-refractivity contribution in [2.75, 3.05) is 105 Å². The molecule has 0 radical (unpaired) electrons. The number of carbonyl (C=O) groups excluding carboxylic acids is 3. The molecule has 21 heteroatoms. The number of benzene rings is 2. The number of carbonyl (C=O) groups is 3. The summed E-state index contributed by atoms with van der Waals surface area (Å²) in [7, 11) is -3.73. The molecule has 2 aromatic rings. The maximum Gasteiger partial charge on any atom is 0.333 e. The number of nitrogens with zero attached hydrogens (tertiary/aromatic N) is 3. The molecule has 3 heterocycles. The zero-order chi connectivity index (χ0) is 52.4. The highest BCUT2D eigenvalue weighted by Gasteiger charge is 2.48. The van der Waals surface area contributed by atoms with E-state index in [2.05, 4.69) is 35.0 Å². The van der Waals surface area contributed by atoms with Gasteiger partial charge >= 0.3 is 5.97 Å². The van der Waals surface area contributed by atoms with Gasteiger partial charge in [0, 0.05) is 101 Å².